The molecule has 0 bridgehead atoms. The molecule has 2 aliphatic heterocycles. The minimum absolute atomic E-state index is 0.173. The van der Waals surface area contributed by atoms with E-state index in [1.165, 1.54) is 28.4 Å². The normalized spacial score (nSPS) is 24.1. The Bertz CT molecular complexity index is 515. The maximum absolute atomic E-state index is 12.3. The summed E-state index contributed by atoms with van der Waals surface area (Å²) in [6.45, 7) is 4.94. The van der Waals surface area contributed by atoms with Gasteiger partial charge in [0.15, 0.2) is 0 Å². The fourth-order valence-electron chi connectivity index (χ4n) is 1.76. The van der Waals surface area contributed by atoms with E-state index in [0.717, 1.165) is 6.42 Å². The van der Waals surface area contributed by atoms with Crippen LogP contribution in [0.4, 0.5) is 0 Å². The zero-order chi connectivity index (χ0) is 14.2. The van der Waals surface area contributed by atoms with E-state index in [9.17, 15) is 9.59 Å². The first kappa shape index (κ1) is 15.0. The van der Waals surface area contributed by atoms with Crippen LogP contribution in [-0.4, -0.2) is 43.3 Å². The van der Waals surface area contributed by atoms with Gasteiger partial charge in [0.2, 0.25) is 0 Å². The van der Waals surface area contributed by atoms with Crippen molar-refractivity contribution in [1.29, 1.82) is 0 Å². The summed E-state index contributed by atoms with van der Waals surface area (Å²) in [5.41, 5.74) is 0. The van der Waals surface area contributed by atoms with E-state index in [4.69, 9.17) is 24.4 Å². The predicted octanol–water partition coefficient (Wildman–Crippen LogP) is 2.35. The van der Waals surface area contributed by atoms with Crippen molar-refractivity contribution < 1.29 is 9.59 Å². The van der Waals surface area contributed by atoms with Crippen molar-refractivity contribution in [3.8, 4) is 0 Å². The lowest BCUT2D eigenvalue weighted by Gasteiger charge is -2.12. The molecule has 8 heteroatoms. The van der Waals surface area contributed by atoms with E-state index in [2.05, 4.69) is 0 Å². The highest BCUT2D eigenvalue weighted by atomic mass is 32.2. The van der Waals surface area contributed by atoms with Crippen LogP contribution in [0.1, 0.15) is 20.3 Å². The Balaban J connectivity index is 2.35. The van der Waals surface area contributed by atoms with Crippen LogP contribution in [0.2, 0.25) is 0 Å². The number of carbonyl (C=O) groups is 2. The number of carbonyl (C=O) groups excluding carboxylic acids is 2. The summed E-state index contributed by atoms with van der Waals surface area (Å²) in [4.78, 5) is 28.3. The van der Waals surface area contributed by atoms with Crippen molar-refractivity contribution in [2.75, 3.05) is 13.1 Å². The Hall–Kier alpha value is -0.440. The second-order valence-electron chi connectivity index (χ2n) is 3.90. The first-order chi connectivity index (χ1) is 9.01. The highest BCUT2D eigenvalue weighted by Crippen LogP contribution is 2.41. The molecule has 0 unspecified atom stereocenters. The first-order valence-electron chi connectivity index (χ1n) is 5.82. The molecule has 0 aromatic rings. The molecule has 102 valence electrons. The highest BCUT2D eigenvalue weighted by Gasteiger charge is 2.41. The van der Waals surface area contributed by atoms with Gasteiger partial charge < -0.3 is 0 Å². The lowest BCUT2D eigenvalue weighted by Crippen LogP contribution is -2.30. The van der Waals surface area contributed by atoms with Crippen molar-refractivity contribution >= 4 is 68.4 Å². The van der Waals surface area contributed by atoms with Gasteiger partial charge in [0.25, 0.3) is 11.8 Å². The zero-order valence-corrected chi connectivity index (χ0v) is 13.7. The van der Waals surface area contributed by atoms with Gasteiger partial charge in [-0.1, -0.05) is 54.9 Å². The van der Waals surface area contributed by atoms with Gasteiger partial charge in [0.05, 0.1) is 9.81 Å². The van der Waals surface area contributed by atoms with Crippen LogP contribution in [0.3, 0.4) is 0 Å². The SMILES string of the molecule is CCCN1C(=O)/C(=C2\SC(=S)N(CC)C2=O)SC1=S. The molecule has 0 atom stereocenters. The number of hydrogen-bond donors (Lipinski definition) is 0. The molecular formula is C11H12N2O2S4. The van der Waals surface area contributed by atoms with E-state index in [1.54, 1.807) is 4.90 Å². The number of nitrogens with zero attached hydrogens (tertiary/aromatic N) is 2. The Labute approximate surface area is 130 Å². The van der Waals surface area contributed by atoms with Crippen molar-refractivity contribution in [1.82, 2.24) is 9.80 Å². The lowest BCUT2D eigenvalue weighted by molar-refractivity contribution is -0.124. The van der Waals surface area contributed by atoms with Gasteiger partial charge in [-0.25, -0.2) is 0 Å². The van der Waals surface area contributed by atoms with Crippen molar-refractivity contribution in [2.45, 2.75) is 20.3 Å². The van der Waals surface area contributed by atoms with Gasteiger partial charge in [-0.05, 0) is 13.3 Å². The molecule has 0 aliphatic carbocycles. The molecule has 4 nitrogen and oxygen atoms in total. The minimum Gasteiger partial charge on any atom is -0.293 e. The van der Waals surface area contributed by atoms with E-state index in [1.807, 2.05) is 13.8 Å². The van der Waals surface area contributed by atoms with E-state index >= 15 is 0 Å². The van der Waals surface area contributed by atoms with Gasteiger partial charge in [0, 0.05) is 13.1 Å². The Kier molecular flexibility index (Phi) is 4.65. The molecule has 2 rings (SSSR count). The van der Waals surface area contributed by atoms with E-state index in [0.29, 0.717) is 31.5 Å². The fraction of sp³-hybridized carbons (Fsp3) is 0.455. The molecule has 0 aromatic heterocycles. The van der Waals surface area contributed by atoms with Crippen molar-refractivity contribution in [3.05, 3.63) is 9.81 Å². The average Bonchev–Trinajstić information content (AvgIpc) is 2.80. The molecule has 2 heterocycles. The lowest BCUT2D eigenvalue weighted by atomic mass is 10.3. The average molecular weight is 332 g/mol. The fourth-order valence-corrected chi connectivity index (χ4v) is 4.61. The van der Waals surface area contributed by atoms with Crippen LogP contribution in [-0.2, 0) is 9.59 Å². The number of thioether (sulfide) groups is 2. The second kappa shape index (κ2) is 5.90. The van der Waals surface area contributed by atoms with Gasteiger partial charge in [-0.2, -0.15) is 0 Å². The van der Waals surface area contributed by atoms with Crippen LogP contribution in [0.25, 0.3) is 0 Å². The number of likely N-dealkylation sites (N-methyl/N-ethyl adjacent to an activating group) is 1. The summed E-state index contributed by atoms with van der Waals surface area (Å²) < 4.78 is 1.02. The van der Waals surface area contributed by atoms with Gasteiger partial charge in [0.1, 0.15) is 8.64 Å². The molecule has 2 saturated heterocycles. The maximum atomic E-state index is 12.3. The van der Waals surface area contributed by atoms with Crippen molar-refractivity contribution in [2.24, 2.45) is 0 Å². The standard InChI is InChI=1S/C11H12N2O2S4/c1-3-5-13-9(15)7(19-11(13)17)6-8(14)12(4-2)10(16)18-6/h3-5H2,1-2H3/b7-6+. The Morgan fingerprint density at radius 1 is 0.947 bits per heavy atom. The third-order valence-corrected chi connectivity index (χ3v) is 5.69. The molecule has 0 aromatic carbocycles. The predicted molar refractivity (Wildman–Crippen MR) is 86.8 cm³/mol. The quantitative estimate of drug-likeness (QED) is 0.584. The monoisotopic (exact) mass is 332 g/mol. The third kappa shape index (κ3) is 2.58. The van der Waals surface area contributed by atoms with E-state index in [-0.39, 0.29) is 11.8 Å². The molecular weight excluding hydrogens is 320 g/mol. The molecule has 19 heavy (non-hydrogen) atoms. The smallest absolute Gasteiger partial charge is 0.267 e. The minimum atomic E-state index is -0.186. The number of thiocarbonyl (C=S) groups is 2. The van der Waals surface area contributed by atoms with Gasteiger partial charge in [-0.15, -0.1) is 0 Å². The van der Waals surface area contributed by atoms with E-state index < -0.39 is 0 Å². The number of amides is 2. The summed E-state index contributed by atoms with van der Waals surface area (Å²) >= 11 is 12.7. The van der Waals surface area contributed by atoms with Gasteiger partial charge >= 0.3 is 0 Å². The molecule has 0 radical (unpaired) electrons. The van der Waals surface area contributed by atoms with Crippen LogP contribution < -0.4 is 0 Å². The molecule has 0 spiro atoms. The van der Waals surface area contributed by atoms with Crippen LogP contribution in [0.5, 0.6) is 0 Å². The third-order valence-electron chi connectivity index (χ3n) is 2.67. The number of hydrogen-bond acceptors (Lipinski definition) is 6. The van der Waals surface area contributed by atoms with Gasteiger partial charge in [-0.3, -0.25) is 19.4 Å². The summed E-state index contributed by atoms with van der Waals surface area (Å²) in [7, 11) is 0. The Morgan fingerprint density at radius 2 is 1.42 bits per heavy atom. The highest BCUT2D eigenvalue weighted by molar-refractivity contribution is 8.29. The van der Waals surface area contributed by atoms with Crippen LogP contribution in [0, 0.1) is 0 Å². The molecule has 2 fully saturated rings. The van der Waals surface area contributed by atoms with Crippen molar-refractivity contribution in [3.63, 3.8) is 0 Å². The molecule has 2 aliphatic rings. The summed E-state index contributed by atoms with van der Waals surface area (Å²) in [5.74, 6) is -0.358. The first-order valence-corrected chi connectivity index (χ1v) is 8.27. The summed E-state index contributed by atoms with van der Waals surface area (Å²) in [6.07, 6.45) is 0.829. The summed E-state index contributed by atoms with van der Waals surface area (Å²) in [5, 5.41) is 0. The Morgan fingerprint density at radius 3 is 1.84 bits per heavy atom. The number of rotatable bonds is 3. The molecule has 2 amide bonds. The molecule has 0 saturated carbocycles. The maximum Gasteiger partial charge on any atom is 0.267 e. The topological polar surface area (TPSA) is 40.6 Å². The zero-order valence-electron chi connectivity index (χ0n) is 10.5. The van der Waals surface area contributed by atoms with Crippen LogP contribution in [0.15, 0.2) is 9.81 Å². The largest absolute Gasteiger partial charge is 0.293 e. The summed E-state index contributed by atoms with van der Waals surface area (Å²) in [6, 6.07) is 0. The molecule has 0 N–H and O–H groups in total. The van der Waals surface area contributed by atoms with Crippen LogP contribution >= 0.6 is 48.0 Å². The second-order valence-corrected chi connectivity index (χ2v) is 7.19.